The minimum absolute atomic E-state index is 0.897. The van der Waals surface area contributed by atoms with E-state index in [2.05, 4.69) is 181 Å². The molecule has 0 saturated heterocycles. The van der Waals surface area contributed by atoms with Crippen LogP contribution in [0.3, 0.4) is 0 Å². The number of hydrogen-bond acceptors (Lipinski definition) is 2. The van der Waals surface area contributed by atoms with E-state index in [1.807, 2.05) is 0 Å². The molecule has 0 fully saturated rings. The summed E-state index contributed by atoms with van der Waals surface area (Å²) in [6.07, 6.45) is 0. The lowest BCUT2D eigenvalue weighted by Gasteiger charge is -2.17. The molecule has 0 aliphatic heterocycles. The molecule has 2 aromatic heterocycles. The highest BCUT2D eigenvalue weighted by Gasteiger charge is 2.20. The smallest absolute Gasteiger partial charge is 0.136 e. The van der Waals surface area contributed by atoms with Gasteiger partial charge in [0.2, 0.25) is 0 Å². The molecule has 0 aliphatic rings. The number of furan rings is 1. The third-order valence-electron chi connectivity index (χ3n) is 11.1. The molecule has 11 rings (SSSR count). The van der Waals surface area contributed by atoms with E-state index in [4.69, 9.17) is 4.42 Å². The van der Waals surface area contributed by atoms with Crippen molar-refractivity contribution in [1.82, 2.24) is 0 Å². The average Bonchev–Trinajstić information content (AvgIpc) is 3.81. The molecule has 2 heteroatoms. The van der Waals surface area contributed by atoms with Gasteiger partial charge in [0.05, 0.1) is 0 Å². The molecule has 53 heavy (non-hydrogen) atoms. The van der Waals surface area contributed by atoms with E-state index in [0.717, 1.165) is 27.5 Å². The van der Waals surface area contributed by atoms with E-state index in [1.54, 1.807) is 11.3 Å². The van der Waals surface area contributed by atoms with Gasteiger partial charge in [-0.3, -0.25) is 0 Å². The maximum absolute atomic E-state index is 6.68. The van der Waals surface area contributed by atoms with Crippen LogP contribution in [-0.2, 0) is 0 Å². The van der Waals surface area contributed by atoms with Crippen molar-refractivity contribution in [3.63, 3.8) is 0 Å². The lowest BCUT2D eigenvalue weighted by atomic mass is 9.85. The van der Waals surface area contributed by atoms with E-state index >= 15 is 0 Å². The number of fused-ring (bicyclic) bond motifs is 7. The third kappa shape index (κ3) is 4.56. The second-order valence-corrected chi connectivity index (χ2v) is 14.8. The summed E-state index contributed by atoms with van der Waals surface area (Å²) in [7, 11) is 0. The second-order valence-electron chi connectivity index (χ2n) is 14.0. The molecule has 0 atom stereocenters. The van der Waals surface area contributed by atoms with Gasteiger partial charge in [-0.1, -0.05) is 140 Å². The fraction of sp³-hybridized carbons (Fsp3) is 0.0196. The van der Waals surface area contributed by atoms with Gasteiger partial charge in [-0.2, -0.15) is 11.3 Å². The van der Waals surface area contributed by atoms with Crippen molar-refractivity contribution in [3.05, 3.63) is 180 Å². The molecule has 248 valence electrons. The van der Waals surface area contributed by atoms with Crippen LogP contribution in [0.1, 0.15) is 5.56 Å². The van der Waals surface area contributed by atoms with Crippen LogP contribution in [0.4, 0.5) is 0 Å². The van der Waals surface area contributed by atoms with Gasteiger partial charge >= 0.3 is 0 Å². The van der Waals surface area contributed by atoms with Gasteiger partial charge in [0.25, 0.3) is 0 Å². The molecule has 0 amide bonds. The molecular formula is C51H32OS. The third-order valence-corrected chi connectivity index (χ3v) is 12.0. The van der Waals surface area contributed by atoms with Gasteiger partial charge in [0.1, 0.15) is 11.2 Å². The first kappa shape index (κ1) is 30.2. The van der Waals surface area contributed by atoms with Crippen molar-refractivity contribution in [2.45, 2.75) is 6.92 Å². The Bertz CT molecular complexity index is 3120. The monoisotopic (exact) mass is 692 g/mol. The molecule has 0 aliphatic carbocycles. The van der Waals surface area contributed by atoms with Crippen LogP contribution < -0.4 is 0 Å². The highest BCUT2D eigenvalue weighted by atomic mass is 32.1. The van der Waals surface area contributed by atoms with Crippen molar-refractivity contribution in [2.24, 2.45) is 0 Å². The zero-order valence-corrected chi connectivity index (χ0v) is 29.9. The zero-order valence-electron chi connectivity index (χ0n) is 29.1. The van der Waals surface area contributed by atoms with Gasteiger partial charge < -0.3 is 4.42 Å². The molecule has 0 saturated carbocycles. The molecule has 0 N–H and O–H groups in total. The number of aryl methyl sites for hydroxylation is 1. The lowest BCUT2D eigenvalue weighted by molar-refractivity contribution is 0.669. The SMILES string of the molecule is Cc1cscc1-c1c2ccccc2c(-c2ccc3c(c2)oc2ccc(-c4c5ccccc5c(-c5ccccc5)c5ccccc45)cc23)c2ccccc12. The van der Waals surface area contributed by atoms with Crippen LogP contribution in [0.15, 0.2) is 179 Å². The van der Waals surface area contributed by atoms with Crippen LogP contribution in [0, 0.1) is 6.92 Å². The van der Waals surface area contributed by atoms with Crippen LogP contribution in [0.5, 0.6) is 0 Å². The summed E-state index contributed by atoms with van der Waals surface area (Å²) in [5, 5.41) is 16.9. The standard InChI is InChI=1S/C51H32OS/c1-31-29-53-30-45(31)51-42-21-11-9-19-40(42)50(41-20-10-12-22-43(41)51)34-23-25-35-44-27-33(24-26-46(44)52-47(35)28-34)49-38-17-7-5-15-36(38)48(32-13-3-2-4-14-32)37-16-6-8-18-39(37)49/h2-30H,1H3. The van der Waals surface area contributed by atoms with Crippen molar-refractivity contribution in [3.8, 4) is 44.5 Å². The highest BCUT2D eigenvalue weighted by molar-refractivity contribution is 7.08. The Hall–Kier alpha value is -6.48. The van der Waals surface area contributed by atoms with E-state index in [1.165, 1.54) is 87.6 Å². The topological polar surface area (TPSA) is 13.1 Å². The molecule has 1 nitrogen and oxygen atoms in total. The van der Waals surface area contributed by atoms with Gasteiger partial charge in [0, 0.05) is 10.8 Å². The molecule has 2 heterocycles. The molecular weight excluding hydrogens is 661 g/mol. The minimum Gasteiger partial charge on any atom is -0.456 e. The number of thiophene rings is 1. The molecule has 0 unspecified atom stereocenters. The van der Waals surface area contributed by atoms with E-state index in [9.17, 15) is 0 Å². The molecule has 9 aromatic carbocycles. The van der Waals surface area contributed by atoms with Gasteiger partial charge in [0.15, 0.2) is 0 Å². The van der Waals surface area contributed by atoms with E-state index < -0.39 is 0 Å². The summed E-state index contributed by atoms with van der Waals surface area (Å²) < 4.78 is 6.68. The van der Waals surface area contributed by atoms with Gasteiger partial charge in [-0.25, -0.2) is 0 Å². The molecule has 0 bridgehead atoms. The summed E-state index contributed by atoms with van der Waals surface area (Å²) in [6.45, 7) is 2.22. The van der Waals surface area contributed by atoms with Crippen LogP contribution in [-0.4, -0.2) is 0 Å². The normalized spacial score (nSPS) is 11.9. The van der Waals surface area contributed by atoms with Crippen molar-refractivity contribution >= 4 is 76.4 Å². The van der Waals surface area contributed by atoms with Crippen molar-refractivity contribution in [2.75, 3.05) is 0 Å². The largest absolute Gasteiger partial charge is 0.456 e. The Morgan fingerprint density at radius 2 is 0.792 bits per heavy atom. The van der Waals surface area contributed by atoms with Gasteiger partial charge in [-0.15, -0.1) is 0 Å². The number of benzene rings is 9. The summed E-state index contributed by atoms with van der Waals surface area (Å²) >= 11 is 1.77. The predicted octanol–water partition coefficient (Wildman–Crippen LogP) is 15.2. The summed E-state index contributed by atoms with van der Waals surface area (Å²) in [5.74, 6) is 0. The first-order valence-electron chi connectivity index (χ1n) is 18.2. The summed E-state index contributed by atoms with van der Waals surface area (Å²) in [5.41, 5.74) is 13.1. The Labute approximate surface area is 311 Å². The van der Waals surface area contributed by atoms with Crippen molar-refractivity contribution < 1.29 is 4.42 Å². The predicted molar refractivity (Wildman–Crippen MR) is 228 cm³/mol. The average molecular weight is 693 g/mol. The second kappa shape index (κ2) is 11.8. The first-order chi connectivity index (χ1) is 26.2. The van der Waals surface area contributed by atoms with Crippen molar-refractivity contribution in [1.29, 1.82) is 0 Å². The maximum atomic E-state index is 6.68. The molecule has 0 radical (unpaired) electrons. The zero-order chi connectivity index (χ0) is 35.0. The fourth-order valence-electron chi connectivity index (χ4n) is 8.79. The quantitative estimate of drug-likeness (QED) is 0.167. The van der Waals surface area contributed by atoms with Crippen LogP contribution >= 0.6 is 11.3 Å². The Morgan fingerprint density at radius 1 is 0.340 bits per heavy atom. The Morgan fingerprint density at radius 3 is 1.30 bits per heavy atom. The summed E-state index contributed by atoms with van der Waals surface area (Å²) in [4.78, 5) is 0. The Kier molecular flexibility index (Phi) is 6.71. The van der Waals surface area contributed by atoms with Crippen LogP contribution in [0.2, 0.25) is 0 Å². The maximum Gasteiger partial charge on any atom is 0.136 e. The Balaban J connectivity index is 1.13. The minimum atomic E-state index is 0.897. The van der Waals surface area contributed by atoms with E-state index in [0.29, 0.717) is 0 Å². The fourth-order valence-corrected chi connectivity index (χ4v) is 9.63. The number of hydrogen-bond donors (Lipinski definition) is 0. The first-order valence-corrected chi connectivity index (χ1v) is 19.1. The van der Waals surface area contributed by atoms with Gasteiger partial charge in [-0.05, 0) is 135 Å². The molecule has 0 spiro atoms. The lowest BCUT2D eigenvalue weighted by Crippen LogP contribution is -1.91. The van der Waals surface area contributed by atoms with E-state index in [-0.39, 0.29) is 0 Å². The number of rotatable bonds is 4. The molecule has 11 aromatic rings. The highest BCUT2D eigenvalue weighted by Crippen LogP contribution is 2.47. The summed E-state index contributed by atoms with van der Waals surface area (Å²) in [6, 6.07) is 59.7. The van der Waals surface area contributed by atoms with Crippen LogP contribution in [0.25, 0.3) is 110 Å².